The van der Waals surface area contributed by atoms with Gasteiger partial charge in [-0.3, -0.25) is 9.59 Å². The summed E-state index contributed by atoms with van der Waals surface area (Å²) in [5.74, 6) is 1.15. The Balaban J connectivity index is 1.20. The average Bonchev–Trinajstić information content (AvgIpc) is 3.56. The summed E-state index contributed by atoms with van der Waals surface area (Å²) in [6.45, 7) is 2.10. The number of ether oxygens (including phenoxy) is 2. The van der Waals surface area contributed by atoms with Gasteiger partial charge in [0, 0.05) is 38.3 Å². The van der Waals surface area contributed by atoms with E-state index < -0.39 is 5.91 Å². The monoisotopic (exact) mass is 559 g/mol. The number of halogens is 1. The highest BCUT2D eigenvalue weighted by Gasteiger charge is 2.27. The molecule has 1 aliphatic rings. The lowest BCUT2D eigenvalue weighted by Crippen LogP contribution is -2.52. The van der Waals surface area contributed by atoms with Crippen LogP contribution in [0, 0.1) is 5.82 Å². The van der Waals surface area contributed by atoms with Gasteiger partial charge in [-0.1, -0.05) is 12.1 Å². The first-order valence-electron chi connectivity index (χ1n) is 13.1. The molecule has 4 aromatic rings. The first-order valence-corrected chi connectivity index (χ1v) is 13.1. The van der Waals surface area contributed by atoms with Crippen molar-refractivity contribution in [1.29, 1.82) is 0 Å². The second kappa shape index (κ2) is 12.5. The zero-order valence-electron chi connectivity index (χ0n) is 22.8. The molecule has 1 aliphatic heterocycles. The third-order valence-corrected chi connectivity index (χ3v) is 6.92. The summed E-state index contributed by atoms with van der Waals surface area (Å²) in [6, 6.07) is 18.4. The summed E-state index contributed by atoms with van der Waals surface area (Å²) in [5.41, 5.74) is 2.26. The van der Waals surface area contributed by atoms with Crippen LogP contribution in [0.2, 0.25) is 0 Å². The van der Waals surface area contributed by atoms with Gasteiger partial charge >= 0.3 is 0 Å². The summed E-state index contributed by atoms with van der Waals surface area (Å²) in [6.07, 6.45) is 1.41. The predicted octanol–water partition coefficient (Wildman–Crippen LogP) is 3.88. The molecule has 0 spiro atoms. The summed E-state index contributed by atoms with van der Waals surface area (Å²) in [4.78, 5) is 31.5. The summed E-state index contributed by atoms with van der Waals surface area (Å²) in [7, 11) is 3.17. The number of piperazine rings is 1. The zero-order valence-corrected chi connectivity index (χ0v) is 22.8. The van der Waals surface area contributed by atoms with Crippen LogP contribution in [0.15, 0.2) is 77.4 Å². The van der Waals surface area contributed by atoms with Gasteiger partial charge in [-0.15, -0.1) is 10.2 Å². The smallest absolute Gasteiger partial charge is 0.290 e. The highest BCUT2D eigenvalue weighted by atomic mass is 19.1. The van der Waals surface area contributed by atoms with Crippen molar-refractivity contribution in [3.63, 3.8) is 0 Å². The van der Waals surface area contributed by atoms with E-state index in [0.717, 1.165) is 5.56 Å². The highest BCUT2D eigenvalue weighted by Crippen LogP contribution is 2.31. The fraction of sp³-hybridized carbons (Fsp3) is 0.267. The molecule has 41 heavy (non-hydrogen) atoms. The van der Waals surface area contributed by atoms with Crippen LogP contribution in [0.5, 0.6) is 11.5 Å². The highest BCUT2D eigenvalue weighted by molar-refractivity contribution is 5.94. The Morgan fingerprint density at radius 2 is 1.68 bits per heavy atom. The Morgan fingerprint density at radius 3 is 2.32 bits per heavy atom. The van der Waals surface area contributed by atoms with Crippen molar-refractivity contribution in [1.82, 2.24) is 20.0 Å². The lowest BCUT2D eigenvalue weighted by atomic mass is 10.1. The van der Waals surface area contributed by atoms with E-state index in [1.807, 2.05) is 30.3 Å². The Kier molecular flexibility index (Phi) is 8.42. The molecule has 5 rings (SSSR count). The Labute approximate surface area is 236 Å². The van der Waals surface area contributed by atoms with Crippen LogP contribution in [0.1, 0.15) is 16.1 Å². The molecule has 1 fully saturated rings. The van der Waals surface area contributed by atoms with Gasteiger partial charge in [-0.2, -0.15) is 0 Å². The largest absolute Gasteiger partial charge is 0.493 e. The van der Waals surface area contributed by atoms with Crippen LogP contribution >= 0.6 is 0 Å². The van der Waals surface area contributed by atoms with Crippen molar-refractivity contribution in [3.8, 4) is 22.8 Å². The molecule has 212 valence electrons. The standard InChI is InChI=1S/C30H30FN5O5/c1-39-25-11-7-22(18-27(25)40-2)24-10-12-28(33-32-24)34-13-15-35(16-14-34)29(37)20-36(30(38)26-4-3-17-41-26)19-21-5-8-23(31)9-6-21/h3-12,17-18H,13-16,19-20H2,1-2H3. The number of furan rings is 1. The predicted molar refractivity (Wildman–Crippen MR) is 149 cm³/mol. The molecule has 0 N–H and O–H groups in total. The topological polar surface area (TPSA) is 101 Å². The summed E-state index contributed by atoms with van der Waals surface area (Å²) in [5, 5.41) is 8.80. The Hall–Kier alpha value is -4.93. The molecule has 0 unspecified atom stereocenters. The number of carbonyl (C=O) groups is 2. The molecule has 11 heteroatoms. The minimum Gasteiger partial charge on any atom is -0.493 e. The van der Waals surface area contributed by atoms with E-state index in [1.165, 1.54) is 23.3 Å². The van der Waals surface area contributed by atoms with Crippen LogP contribution in [0.4, 0.5) is 10.2 Å². The van der Waals surface area contributed by atoms with E-state index in [2.05, 4.69) is 15.1 Å². The van der Waals surface area contributed by atoms with Crippen LogP contribution in [0.25, 0.3) is 11.3 Å². The van der Waals surface area contributed by atoms with Crippen LogP contribution in [-0.4, -0.2) is 78.8 Å². The minimum atomic E-state index is -0.406. The number of hydrogen-bond acceptors (Lipinski definition) is 8. The van der Waals surface area contributed by atoms with E-state index in [9.17, 15) is 14.0 Å². The summed E-state index contributed by atoms with van der Waals surface area (Å²) >= 11 is 0. The van der Waals surface area contributed by atoms with Gasteiger partial charge in [0.05, 0.1) is 26.2 Å². The quantitative estimate of drug-likeness (QED) is 0.305. The maximum atomic E-state index is 13.4. The van der Waals surface area contributed by atoms with Gasteiger partial charge < -0.3 is 28.6 Å². The Morgan fingerprint density at radius 1 is 0.927 bits per heavy atom. The second-order valence-electron chi connectivity index (χ2n) is 9.48. The molecule has 0 radical (unpaired) electrons. The number of aromatic nitrogens is 2. The number of hydrogen-bond donors (Lipinski definition) is 0. The maximum Gasteiger partial charge on any atom is 0.290 e. The molecule has 0 aliphatic carbocycles. The first kappa shape index (κ1) is 27.6. The fourth-order valence-corrected chi connectivity index (χ4v) is 4.66. The van der Waals surface area contributed by atoms with Crippen LogP contribution in [-0.2, 0) is 11.3 Å². The average molecular weight is 560 g/mol. The van der Waals surface area contributed by atoms with E-state index in [1.54, 1.807) is 43.4 Å². The van der Waals surface area contributed by atoms with Gasteiger partial charge in [-0.25, -0.2) is 4.39 Å². The van der Waals surface area contributed by atoms with Crippen molar-refractivity contribution in [3.05, 3.63) is 90.1 Å². The van der Waals surface area contributed by atoms with Gasteiger partial charge in [0.15, 0.2) is 23.1 Å². The van der Waals surface area contributed by atoms with Crippen LogP contribution in [0.3, 0.4) is 0 Å². The molecular weight excluding hydrogens is 529 g/mol. The van der Waals surface area contributed by atoms with Crippen molar-refractivity contribution in [2.45, 2.75) is 6.54 Å². The first-order chi connectivity index (χ1) is 19.9. The zero-order chi connectivity index (χ0) is 28.8. The van der Waals surface area contributed by atoms with Crippen molar-refractivity contribution < 1.29 is 27.9 Å². The lowest BCUT2D eigenvalue weighted by molar-refractivity contribution is -0.132. The summed E-state index contributed by atoms with van der Waals surface area (Å²) < 4.78 is 29.3. The van der Waals surface area contributed by atoms with E-state index >= 15 is 0 Å². The lowest BCUT2D eigenvalue weighted by Gasteiger charge is -2.36. The third kappa shape index (κ3) is 6.46. The minimum absolute atomic E-state index is 0.128. The van der Waals surface area contributed by atoms with Crippen molar-refractivity contribution in [2.24, 2.45) is 0 Å². The second-order valence-corrected chi connectivity index (χ2v) is 9.48. The molecule has 0 saturated carbocycles. The number of methoxy groups -OCH3 is 2. The number of benzene rings is 2. The Bertz CT molecular complexity index is 1470. The molecule has 0 atom stereocenters. The number of rotatable bonds is 9. The number of anilines is 1. The van der Waals surface area contributed by atoms with Gasteiger partial charge in [0.1, 0.15) is 12.4 Å². The van der Waals surface area contributed by atoms with Gasteiger partial charge in [-0.05, 0) is 60.2 Å². The molecule has 1 saturated heterocycles. The number of nitrogens with zero attached hydrogens (tertiary/aromatic N) is 5. The SMILES string of the molecule is COc1ccc(-c2ccc(N3CCN(C(=O)CN(Cc4ccc(F)cc4)C(=O)c4ccco4)CC3)nn2)cc1OC. The normalized spacial score (nSPS) is 13.1. The van der Waals surface area contributed by atoms with Gasteiger partial charge in [0.25, 0.3) is 5.91 Å². The number of carbonyl (C=O) groups excluding carboxylic acids is 2. The maximum absolute atomic E-state index is 13.4. The van der Waals surface area contributed by atoms with Crippen molar-refractivity contribution in [2.75, 3.05) is 51.8 Å². The number of amides is 2. The molecule has 3 heterocycles. The van der Waals surface area contributed by atoms with Gasteiger partial charge in [0.2, 0.25) is 5.91 Å². The molecular formula is C30H30FN5O5. The molecule has 10 nitrogen and oxygen atoms in total. The van der Waals surface area contributed by atoms with Crippen LogP contribution < -0.4 is 14.4 Å². The molecule has 2 amide bonds. The van der Waals surface area contributed by atoms with E-state index in [-0.39, 0.29) is 30.6 Å². The molecule has 2 aromatic heterocycles. The fourth-order valence-electron chi connectivity index (χ4n) is 4.66. The van der Waals surface area contributed by atoms with E-state index in [0.29, 0.717) is 54.8 Å². The van der Waals surface area contributed by atoms with E-state index in [4.69, 9.17) is 13.9 Å². The molecule has 0 bridgehead atoms. The molecule has 2 aromatic carbocycles. The van der Waals surface area contributed by atoms with Crippen molar-refractivity contribution >= 4 is 17.6 Å². The third-order valence-electron chi connectivity index (χ3n) is 6.92.